The molecule has 0 saturated carbocycles. The summed E-state index contributed by atoms with van der Waals surface area (Å²) >= 11 is 6.18. The second-order valence-electron chi connectivity index (χ2n) is 5.88. The molecule has 122 valence electrons. The van der Waals surface area contributed by atoms with Crippen molar-refractivity contribution in [3.05, 3.63) is 22.7 Å². The monoisotopic (exact) mass is 326 g/mol. The Bertz CT molecular complexity index is 534. The largest absolute Gasteiger partial charge is 0.486 e. The van der Waals surface area contributed by atoms with E-state index in [-0.39, 0.29) is 5.91 Å². The van der Waals surface area contributed by atoms with Gasteiger partial charge in [-0.3, -0.25) is 4.79 Å². The Morgan fingerprint density at radius 2 is 2.09 bits per heavy atom. The Morgan fingerprint density at radius 1 is 1.36 bits per heavy atom. The molecule has 0 unspecified atom stereocenters. The fourth-order valence-electron chi connectivity index (χ4n) is 2.38. The first kappa shape index (κ1) is 16.9. The van der Waals surface area contributed by atoms with Gasteiger partial charge in [0.15, 0.2) is 11.5 Å². The van der Waals surface area contributed by atoms with Gasteiger partial charge in [0, 0.05) is 6.54 Å². The highest BCUT2D eigenvalue weighted by atomic mass is 35.5. The molecule has 6 heteroatoms. The van der Waals surface area contributed by atoms with Crippen LogP contribution in [0.15, 0.2) is 12.1 Å². The van der Waals surface area contributed by atoms with Gasteiger partial charge < -0.3 is 20.5 Å². The molecule has 1 amide bonds. The van der Waals surface area contributed by atoms with Gasteiger partial charge in [-0.2, -0.15) is 0 Å². The van der Waals surface area contributed by atoms with Crippen LogP contribution in [0.1, 0.15) is 25.8 Å². The molecule has 22 heavy (non-hydrogen) atoms. The first-order chi connectivity index (χ1) is 10.5. The van der Waals surface area contributed by atoms with Crippen molar-refractivity contribution in [1.29, 1.82) is 0 Å². The fourth-order valence-corrected chi connectivity index (χ4v) is 2.67. The summed E-state index contributed by atoms with van der Waals surface area (Å²) in [6.07, 6.45) is 1.35. The highest BCUT2D eigenvalue weighted by Crippen LogP contribution is 2.38. The maximum absolute atomic E-state index is 11.9. The lowest BCUT2D eigenvalue weighted by Crippen LogP contribution is -2.42. The minimum absolute atomic E-state index is 0.114. The molecule has 1 aliphatic rings. The standard InChI is InChI=1S/C16H23ClN2O3/c1-10(2)7-13(18)16(20)19-4-3-11-8-12(17)15-14(9-11)21-5-6-22-15/h8-10,13H,3-7,18H2,1-2H3,(H,19,20)/t13-/m0/s1. The quantitative estimate of drug-likeness (QED) is 0.840. The topological polar surface area (TPSA) is 73.6 Å². The van der Waals surface area contributed by atoms with Crippen LogP contribution in [0.2, 0.25) is 5.02 Å². The summed E-state index contributed by atoms with van der Waals surface area (Å²) in [5.41, 5.74) is 6.84. The van der Waals surface area contributed by atoms with Crippen molar-refractivity contribution in [2.75, 3.05) is 19.8 Å². The van der Waals surface area contributed by atoms with Gasteiger partial charge in [0.2, 0.25) is 5.91 Å². The number of ether oxygens (including phenoxy) is 2. The number of carbonyl (C=O) groups excluding carboxylic acids is 1. The average Bonchev–Trinajstić information content (AvgIpc) is 2.46. The molecule has 1 aliphatic heterocycles. The number of nitrogens with two attached hydrogens (primary N) is 1. The molecule has 0 saturated heterocycles. The highest BCUT2D eigenvalue weighted by molar-refractivity contribution is 6.32. The SMILES string of the molecule is CC(C)C[C@H](N)C(=O)NCCc1cc(Cl)c2c(c1)OCCO2. The second-order valence-corrected chi connectivity index (χ2v) is 6.29. The van der Waals surface area contributed by atoms with Gasteiger partial charge in [-0.25, -0.2) is 0 Å². The predicted octanol–water partition coefficient (Wildman–Crippen LogP) is 2.14. The van der Waals surface area contributed by atoms with Gasteiger partial charge in [-0.1, -0.05) is 25.4 Å². The molecule has 0 spiro atoms. The van der Waals surface area contributed by atoms with E-state index in [0.717, 1.165) is 5.56 Å². The van der Waals surface area contributed by atoms with E-state index in [4.69, 9.17) is 26.8 Å². The normalized spacial score (nSPS) is 14.8. The van der Waals surface area contributed by atoms with Crippen LogP contribution in [-0.2, 0) is 11.2 Å². The predicted molar refractivity (Wildman–Crippen MR) is 86.6 cm³/mol. The van der Waals surface area contributed by atoms with Crippen LogP contribution in [0.4, 0.5) is 0 Å². The molecule has 0 radical (unpaired) electrons. The summed E-state index contributed by atoms with van der Waals surface area (Å²) in [7, 11) is 0. The number of fused-ring (bicyclic) bond motifs is 1. The Hall–Kier alpha value is -1.46. The molecule has 1 aromatic carbocycles. The summed E-state index contributed by atoms with van der Waals surface area (Å²) < 4.78 is 11.0. The van der Waals surface area contributed by atoms with E-state index in [1.807, 2.05) is 26.0 Å². The van der Waals surface area contributed by atoms with Crippen LogP contribution in [-0.4, -0.2) is 31.7 Å². The van der Waals surface area contributed by atoms with Crippen LogP contribution in [0.3, 0.4) is 0 Å². The lowest BCUT2D eigenvalue weighted by atomic mass is 10.0. The van der Waals surface area contributed by atoms with Gasteiger partial charge in [-0.05, 0) is 36.5 Å². The van der Waals surface area contributed by atoms with E-state index in [1.165, 1.54) is 0 Å². The molecule has 1 aromatic rings. The molecule has 0 aliphatic carbocycles. The van der Waals surface area contributed by atoms with Crippen LogP contribution in [0.25, 0.3) is 0 Å². The molecular weight excluding hydrogens is 304 g/mol. The molecule has 1 heterocycles. The lowest BCUT2D eigenvalue weighted by molar-refractivity contribution is -0.122. The Labute approximate surface area is 136 Å². The van der Waals surface area contributed by atoms with Crippen molar-refractivity contribution in [2.24, 2.45) is 11.7 Å². The van der Waals surface area contributed by atoms with E-state index in [2.05, 4.69) is 5.32 Å². The van der Waals surface area contributed by atoms with Crippen molar-refractivity contribution >= 4 is 17.5 Å². The third-order valence-electron chi connectivity index (χ3n) is 3.43. The van der Waals surface area contributed by atoms with Crippen molar-refractivity contribution in [3.63, 3.8) is 0 Å². The van der Waals surface area contributed by atoms with Crippen LogP contribution >= 0.6 is 11.6 Å². The first-order valence-electron chi connectivity index (χ1n) is 7.58. The van der Waals surface area contributed by atoms with E-state index >= 15 is 0 Å². The molecule has 2 rings (SSSR count). The Kier molecular flexibility index (Phi) is 5.91. The van der Waals surface area contributed by atoms with Crippen LogP contribution < -0.4 is 20.5 Å². The summed E-state index contributed by atoms with van der Waals surface area (Å²) in [6.45, 7) is 5.64. The Morgan fingerprint density at radius 3 is 2.82 bits per heavy atom. The number of hydrogen-bond acceptors (Lipinski definition) is 4. The summed E-state index contributed by atoms with van der Waals surface area (Å²) in [5.74, 6) is 1.55. The van der Waals surface area contributed by atoms with Gasteiger partial charge in [0.1, 0.15) is 13.2 Å². The van der Waals surface area contributed by atoms with E-state index in [9.17, 15) is 4.79 Å². The van der Waals surface area contributed by atoms with Crippen molar-refractivity contribution < 1.29 is 14.3 Å². The van der Waals surface area contributed by atoms with Gasteiger partial charge in [-0.15, -0.1) is 0 Å². The number of carbonyl (C=O) groups is 1. The zero-order chi connectivity index (χ0) is 16.1. The molecule has 0 aromatic heterocycles. The van der Waals surface area contributed by atoms with Gasteiger partial charge in [0.25, 0.3) is 0 Å². The Balaban J connectivity index is 1.87. The molecule has 1 atom stereocenters. The van der Waals surface area contributed by atoms with Crippen molar-refractivity contribution in [1.82, 2.24) is 5.32 Å². The zero-order valence-corrected chi connectivity index (χ0v) is 13.8. The van der Waals surface area contributed by atoms with E-state index < -0.39 is 6.04 Å². The van der Waals surface area contributed by atoms with Crippen LogP contribution in [0, 0.1) is 5.92 Å². The maximum Gasteiger partial charge on any atom is 0.236 e. The third kappa shape index (κ3) is 4.52. The van der Waals surface area contributed by atoms with Gasteiger partial charge >= 0.3 is 0 Å². The van der Waals surface area contributed by atoms with E-state index in [1.54, 1.807) is 0 Å². The summed E-state index contributed by atoms with van der Waals surface area (Å²) in [6, 6.07) is 3.29. The number of nitrogens with one attached hydrogen (secondary N) is 1. The summed E-state index contributed by atoms with van der Waals surface area (Å²) in [4.78, 5) is 11.9. The smallest absolute Gasteiger partial charge is 0.236 e. The molecule has 0 bridgehead atoms. The average molecular weight is 327 g/mol. The lowest BCUT2D eigenvalue weighted by Gasteiger charge is -2.20. The number of benzene rings is 1. The maximum atomic E-state index is 11.9. The number of rotatable bonds is 6. The zero-order valence-electron chi connectivity index (χ0n) is 13.0. The molecule has 5 nitrogen and oxygen atoms in total. The van der Waals surface area contributed by atoms with Crippen molar-refractivity contribution in [3.8, 4) is 11.5 Å². The third-order valence-corrected chi connectivity index (χ3v) is 3.71. The number of halogens is 1. The van der Waals surface area contributed by atoms with Gasteiger partial charge in [0.05, 0.1) is 11.1 Å². The second kappa shape index (κ2) is 7.70. The fraction of sp³-hybridized carbons (Fsp3) is 0.562. The van der Waals surface area contributed by atoms with Crippen molar-refractivity contribution in [2.45, 2.75) is 32.7 Å². The van der Waals surface area contributed by atoms with E-state index in [0.29, 0.717) is 55.0 Å². The first-order valence-corrected chi connectivity index (χ1v) is 7.96. The highest BCUT2D eigenvalue weighted by Gasteiger charge is 2.17. The molecular formula is C16H23ClN2O3. The minimum Gasteiger partial charge on any atom is -0.486 e. The number of hydrogen-bond donors (Lipinski definition) is 2. The molecule has 3 N–H and O–H groups in total. The summed E-state index contributed by atoms with van der Waals surface area (Å²) in [5, 5.41) is 3.39. The molecule has 0 fully saturated rings. The van der Waals surface area contributed by atoms with Crippen LogP contribution in [0.5, 0.6) is 11.5 Å². The minimum atomic E-state index is -0.455. The number of amides is 1.